The molecule has 2 heterocycles. The van der Waals surface area contributed by atoms with Crippen molar-refractivity contribution in [3.63, 3.8) is 0 Å². The molecule has 1 aliphatic rings. The van der Waals surface area contributed by atoms with E-state index in [0.29, 0.717) is 5.41 Å². The van der Waals surface area contributed by atoms with Crippen molar-refractivity contribution in [3.05, 3.63) is 17.8 Å². The first-order valence-corrected chi connectivity index (χ1v) is 5.96. The normalized spacial score (nSPS) is 19.8. The Morgan fingerprint density at radius 3 is 2.81 bits per heavy atom. The van der Waals surface area contributed by atoms with Gasteiger partial charge in [0.15, 0.2) is 5.82 Å². The maximum atomic E-state index is 6.00. The molecule has 0 spiro atoms. The molecule has 2 rings (SSSR count). The second kappa shape index (κ2) is 3.96. The number of pyridine rings is 1. The highest BCUT2D eigenvalue weighted by Crippen LogP contribution is 2.32. The fourth-order valence-corrected chi connectivity index (χ4v) is 2.41. The monoisotopic (exact) mass is 219 g/mol. The van der Waals surface area contributed by atoms with Gasteiger partial charge < -0.3 is 10.6 Å². The lowest BCUT2D eigenvalue weighted by atomic mass is 9.84. The van der Waals surface area contributed by atoms with Crippen LogP contribution in [0.2, 0.25) is 0 Å². The summed E-state index contributed by atoms with van der Waals surface area (Å²) in [6, 6.07) is 3.92. The number of aromatic nitrogens is 1. The Kier molecular flexibility index (Phi) is 2.78. The molecule has 1 saturated heterocycles. The lowest BCUT2D eigenvalue weighted by molar-refractivity contribution is 0.292. The maximum Gasteiger partial charge on any atom is 0.152 e. The molecule has 1 aromatic rings. The van der Waals surface area contributed by atoms with E-state index in [9.17, 15) is 0 Å². The highest BCUT2D eigenvalue weighted by molar-refractivity contribution is 5.63. The Balaban J connectivity index is 2.26. The van der Waals surface area contributed by atoms with Gasteiger partial charge in [-0.05, 0) is 37.3 Å². The number of nitrogens with zero attached hydrogens (tertiary/aromatic N) is 2. The van der Waals surface area contributed by atoms with Crippen LogP contribution in [0.5, 0.6) is 0 Å². The minimum absolute atomic E-state index is 0.371. The van der Waals surface area contributed by atoms with E-state index in [4.69, 9.17) is 5.73 Å². The Bertz CT molecular complexity index is 385. The topological polar surface area (TPSA) is 42.1 Å². The van der Waals surface area contributed by atoms with Crippen molar-refractivity contribution >= 4 is 11.5 Å². The number of nitrogens with two attached hydrogens (primary N) is 1. The molecule has 0 atom stereocenters. The Morgan fingerprint density at radius 2 is 2.12 bits per heavy atom. The fourth-order valence-electron chi connectivity index (χ4n) is 2.41. The van der Waals surface area contributed by atoms with Crippen molar-refractivity contribution in [1.82, 2.24) is 4.98 Å². The summed E-state index contributed by atoms with van der Waals surface area (Å²) in [5.41, 5.74) is 8.21. The summed E-state index contributed by atoms with van der Waals surface area (Å²) in [6.07, 6.45) is 2.51. The zero-order valence-corrected chi connectivity index (χ0v) is 10.5. The average Bonchev–Trinajstić information content (AvgIpc) is 2.20. The van der Waals surface area contributed by atoms with E-state index >= 15 is 0 Å². The van der Waals surface area contributed by atoms with Gasteiger partial charge in [0.05, 0.1) is 5.69 Å². The van der Waals surface area contributed by atoms with Gasteiger partial charge in [-0.1, -0.05) is 13.8 Å². The Labute approximate surface area is 97.7 Å². The summed E-state index contributed by atoms with van der Waals surface area (Å²) in [6.45, 7) is 8.76. The molecule has 1 fully saturated rings. The number of piperidine rings is 1. The molecule has 0 saturated carbocycles. The van der Waals surface area contributed by atoms with E-state index < -0.39 is 0 Å². The summed E-state index contributed by atoms with van der Waals surface area (Å²) in [5.74, 6) is 0.966. The Hall–Kier alpha value is -1.25. The van der Waals surface area contributed by atoms with Crippen molar-refractivity contribution in [1.29, 1.82) is 0 Å². The lowest BCUT2D eigenvalue weighted by Gasteiger charge is -2.39. The standard InChI is InChI=1S/C13H21N3/c1-10-5-6-11(14)12(15-10)16-8-4-7-13(2,3)9-16/h5-6H,4,7-9,14H2,1-3H3. The minimum atomic E-state index is 0.371. The number of rotatable bonds is 1. The number of hydrogen-bond acceptors (Lipinski definition) is 3. The van der Waals surface area contributed by atoms with Crippen LogP contribution in [-0.4, -0.2) is 18.1 Å². The highest BCUT2D eigenvalue weighted by Gasteiger charge is 2.27. The van der Waals surface area contributed by atoms with Crippen molar-refractivity contribution < 1.29 is 0 Å². The van der Waals surface area contributed by atoms with Gasteiger partial charge in [-0.2, -0.15) is 0 Å². The van der Waals surface area contributed by atoms with Crippen molar-refractivity contribution in [2.75, 3.05) is 23.7 Å². The zero-order chi connectivity index (χ0) is 11.8. The van der Waals surface area contributed by atoms with Gasteiger partial charge in [0.25, 0.3) is 0 Å². The number of nitrogen functional groups attached to an aromatic ring is 1. The van der Waals surface area contributed by atoms with Crippen LogP contribution in [0.4, 0.5) is 11.5 Å². The smallest absolute Gasteiger partial charge is 0.152 e. The number of aryl methyl sites for hydroxylation is 1. The van der Waals surface area contributed by atoms with E-state index in [1.54, 1.807) is 0 Å². The molecule has 0 amide bonds. The number of hydrogen-bond donors (Lipinski definition) is 1. The molecule has 2 N–H and O–H groups in total. The van der Waals surface area contributed by atoms with Gasteiger partial charge in [0.2, 0.25) is 0 Å². The molecule has 0 aromatic carbocycles. The van der Waals surface area contributed by atoms with Crippen LogP contribution < -0.4 is 10.6 Å². The molecular formula is C13H21N3. The van der Waals surface area contributed by atoms with E-state index in [-0.39, 0.29) is 0 Å². The third kappa shape index (κ3) is 2.29. The molecule has 88 valence electrons. The minimum Gasteiger partial charge on any atom is -0.396 e. The first-order chi connectivity index (χ1) is 7.48. The first-order valence-electron chi connectivity index (χ1n) is 5.96. The Morgan fingerprint density at radius 1 is 1.38 bits per heavy atom. The quantitative estimate of drug-likeness (QED) is 0.789. The molecule has 16 heavy (non-hydrogen) atoms. The molecule has 0 aliphatic carbocycles. The average molecular weight is 219 g/mol. The molecule has 3 nitrogen and oxygen atoms in total. The lowest BCUT2D eigenvalue weighted by Crippen LogP contribution is -2.40. The molecule has 0 radical (unpaired) electrons. The summed E-state index contributed by atoms with van der Waals surface area (Å²) < 4.78 is 0. The van der Waals surface area contributed by atoms with Crippen LogP contribution in [0.3, 0.4) is 0 Å². The van der Waals surface area contributed by atoms with Gasteiger partial charge in [-0.25, -0.2) is 4.98 Å². The van der Waals surface area contributed by atoms with Gasteiger partial charge >= 0.3 is 0 Å². The summed E-state index contributed by atoms with van der Waals surface area (Å²) in [5, 5.41) is 0. The molecule has 3 heteroatoms. The number of anilines is 2. The SMILES string of the molecule is Cc1ccc(N)c(N2CCCC(C)(C)C2)n1. The predicted octanol–water partition coefficient (Wildman–Crippen LogP) is 2.60. The van der Waals surface area contributed by atoms with Crippen LogP contribution in [0.1, 0.15) is 32.4 Å². The van der Waals surface area contributed by atoms with E-state index in [1.807, 2.05) is 19.1 Å². The summed E-state index contributed by atoms with van der Waals surface area (Å²) >= 11 is 0. The van der Waals surface area contributed by atoms with Crippen LogP contribution in [0, 0.1) is 12.3 Å². The molecule has 1 aromatic heterocycles. The van der Waals surface area contributed by atoms with Crippen molar-refractivity contribution in [2.24, 2.45) is 5.41 Å². The van der Waals surface area contributed by atoms with Crippen LogP contribution in [-0.2, 0) is 0 Å². The van der Waals surface area contributed by atoms with Gasteiger partial charge in [-0.3, -0.25) is 0 Å². The third-order valence-corrected chi connectivity index (χ3v) is 3.24. The van der Waals surface area contributed by atoms with E-state index in [1.165, 1.54) is 12.8 Å². The highest BCUT2D eigenvalue weighted by atomic mass is 15.2. The predicted molar refractivity (Wildman–Crippen MR) is 68.6 cm³/mol. The second-order valence-electron chi connectivity index (χ2n) is 5.55. The second-order valence-corrected chi connectivity index (χ2v) is 5.55. The van der Waals surface area contributed by atoms with Gasteiger partial charge in [0.1, 0.15) is 0 Å². The molecule has 1 aliphatic heterocycles. The largest absolute Gasteiger partial charge is 0.396 e. The van der Waals surface area contributed by atoms with E-state index in [2.05, 4.69) is 23.7 Å². The molecule has 0 bridgehead atoms. The van der Waals surface area contributed by atoms with Crippen LogP contribution in [0.25, 0.3) is 0 Å². The zero-order valence-electron chi connectivity index (χ0n) is 10.5. The van der Waals surface area contributed by atoms with Crippen LogP contribution in [0.15, 0.2) is 12.1 Å². The van der Waals surface area contributed by atoms with Crippen LogP contribution >= 0.6 is 0 Å². The van der Waals surface area contributed by atoms with Gasteiger partial charge in [0, 0.05) is 18.8 Å². The molecular weight excluding hydrogens is 198 g/mol. The maximum absolute atomic E-state index is 6.00. The molecule has 0 unspecified atom stereocenters. The first kappa shape index (κ1) is 11.2. The third-order valence-electron chi connectivity index (χ3n) is 3.24. The van der Waals surface area contributed by atoms with Gasteiger partial charge in [-0.15, -0.1) is 0 Å². The van der Waals surface area contributed by atoms with E-state index in [0.717, 1.165) is 30.3 Å². The fraction of sp³-hybridized carbons (Fsp3) is 0.615. The van der Waals surface area contributed by atoms with Crippen molar-refractivity contribution in [2.45, 2.75) is 33.6 Å². The summed E-state index contributed by atoms with van der Waals surface area (Å²) in [4.78, 5) is 6.89. The van der Waals surface area contributed by atoms with Crippen molar-refractivity contribution in [3.8, 4) is 0 Å². The summed E-state index contributed by atoms with van der Waals surface area (Å²) in [7, 11) is 0.